The number of ether oxygens (including phenoxy) is 1. The molecule has 1 unspecified atom stereocenters. The molecule has 8 nitrogen and oxygen atoms in total. The van der Waals surface area contributed by atoms with Crippen molar-refractivity contribution in [3.05, 3.63) is 23.8 Å². The van der Waals surface area contributed by atoms with Crippen LogP contribution in [-0.4, -0.2) is 60.6 Å². The molecule has 0 aromatic heterocycles. The highest BCUT2D eigenvalue weighted by Gasteiger charge is 2.21. The van der Waals surface area contributed by atoms with E-state index in [1.54, 1.807) is 0 Å². The van der Waals surface area contributed by atoms with Gasteiger partial charge in [-0.15, -0.1) is 0 Å². The number of nitrogens with one attached hydrogen (secondary N) is 1. The second-order valence-electron chi connectivity index (χ2n) is 6.70. The third kappa shape index (κ3) is 8.26. The van der Waals surface area contributed by atoms with Crippen molar-refractivity contribution in [2.75, 3.05) is 32.7 Å². The molecule has 0 saturated carbocycles. The van der Waals surface area contributed by atoms with Gasteiger partial charge in [0.05, 0.1) is 23.0 Å². The van der Waals surface area contributed by atoms with Gasteiger partial charge in [-0.1, -0.05) is 18.9 Å². The van der Waals surface area contributed by atoms with E-state index in [0.717, 1.165) is 44.3 Å². The Balaban J connectivity index is 2.58. The maximum absolute atomic E-state index is 12.0. The third-order valence-electron chi connectivity index (χ3n) is 4.22. The molecule has 0 spiro atoms. The molecular weight excluding hydrogens is 406 g/mol. The van der Waals surface area contributed by atoms with Crippen molar-refractivity contribution in [2.45, 2.75) is 48.0 Å². The lowest BCUT2D eigenvalue weighted by molar-refractivity contribution is -0.140. The van der Waals surface area contributed by atoms with Gasteiger partial charge in [0.2, 0.25) is 0 Å². The topological polar surface area (TPSA) is 127 Å². The molecule has 2 N–H and O–H groups in total. The second-order valence-corrected chi connectivity index (χ2v) is 10.7. The molecule has 1 rings (SSSR count). The fourth-order valence-corrected chi connectivity index (χ4v) is 4.36. The average molecular weight is 436 g/mol. The number of aliphatic hydroxyl groups is 1. The number of methoxy groups -OCH3 is 1. The average Bonchev–Trinajstić information content (AvgIpc) is 2.61. The van der Waals surface area contributed by atoms with Gasteiger partial charge in [-0.3, -0.25) is 4.79 Å². The molecular formula is C18H29NO7S2. The van der Waals surface area contributed by atoms with Gasteiger partial charge in [0.15, 0.2) is 19.7 Å². The lowest BCUT2D eigenvalue weighted by atomic mass is 10.1. The normalized spacial score (nSPS) is 13.3. The summed E-state index contributed by atoms with van der Waals surface area (Å²) in [5.74, 6) is -0.218. The van der Waals surface area contributed by atoms with Gasteiger partial charge in [-0.05, 0) is 31.5 Å². The van der Waals surface area contributed by atoms with Crippen LogP contribution in [0.25, 0.3) is 0 Å². The molecule has 1 aromatic carbocycles. The Hall–Kier alpha value is -1.49. The van der Waals surface area contributed by atoms with Crippen LogP contribution < -0.4 is 5.32 Å². The number of benzene rings is 1. The van der Waals surface area contributed by atoms with E-state index in [1.165, 1.54) is 19.2 Å². The van der Waals surface area contributed by atoms with E-state index in [0.29, 0.717) is 13.0 Å². The number of hydrogen-bond donors (Lipinski definition) is 2. The highest BCUT2D eigenvalue weighted by molar-refractivity contribution is 7.91. The van der Waals surface area contributed by atoms with Crippen LogP contribution in [-0.2, 0) is 29.2 Å². The molecule has 0 aliphatic rings. The molecule has 0 bridgehead atoms. The number of carbonyl (C=O) groups is 1. The van der Waals surface area contributed by atoms with Gasteiger partial charge in [0.1, 0.15) is 0 Å². The molecule has 28 heavy (non-hydrogen) atoms. The molecule has 10 heteroatoms. The summed E-state index contributed by atoms with van der Waals surface area (Å²) in [7, 11) is -5.90. The predicted octanol–water partition coefficient (Wildman–Crippen LogP) is 1.24. The fraction of sp³-hybridized carbons (Fsp3) is 0.611. The summed E-state index contributed by atoms with van der Waals surface area (Å²) in [6.45, 7) is 0.772. The van der Waals surface area contributed by atoms with Crippen molar-refractivity contribution in [3.8, 4) is 0 Å². The highest BCUT2D eigenvalue weighted by atomic mass is 32.2. The summed E-state index contributed by atoms with van der Waals surface area (Å²) in [4.78, 5) is 10.7. The first-order chi connectivity index (χ1) is 13.0. The SMILES string of the molecule is COC(=O)CCCCCCNCC(O)c1ccc(S(C)(=O)=O)cc1S(C)(=O)=O. The van der Waals surface area contributed by atoms with Gasteiger partial charge in [-0.25, -0.2) is 16.8 Å². The van der Waals surface area contributed by atoms with E-state index in [1.807, 2.05) is 0 Å². The highest BCUT2D eigenvalue weighted by Crippen LogP contribution is 2.25. The summed E-state index contributed by atoms with van der Waals surface area (Å²) < 4.78 is 52.0. The lowest BCUT2D eigenvalue weighted by Gasteiger charge is -2.16. The first-order valence-electron chi connectivity index (χ1n) is 8.96. The number of hydrogen-bond acceptors (Lipinski definition) is 8. The molecule has 1 aromatic rings. The number of aliphatic hydroxyl groups excluding tert-OH is 1. The third-order valence-corrected chi connectivity index (χ3v) is 6.48. The molecule has 0 amide bonds. The summed E-state index contributed by atoms with van der Waals surface area (Å²) in [5.41, 5.74) is 0.167. The molecule has 0 saturated heterocycles. The Morgan fingerprint density at radius 2 is 1.71 bits per heavy atom. The number of sulfone groups is 2. The number of rotatable bonds is 12. The van der Waals surface area contributed by atoms with E-state index in [2.05, 4.69) is 10.1 Å². The van der Waals surface area contributed by atoms with Crippen molar-refractivity contribution in [1.29, 1.82) is 0 Å². The van der Waals surface area contributed by atoms with Crippen molar-refractivity contribution in [2.24, 2.45) is 0 Å². The Morgan fingerprint density at radius 3 is 2.29 bits per heavy atom. The lowest BCUT2D eigenvalue weighted by Crippen LogP contribution is -2.23. The zero-order valence-corrected chi connectivity index (χ0v) is 18.1. The van der Waals surface area contributed by atoms with Crippen LogP contribution in [0.1, 0.15) is 43.8 Å². The standard InChI is InChI=1S/C18H29NO7S2/c1-26-18(21)8-6-4-5-7-11-19-13-16(20)15-10-9-14(27(2,22)23)12-17(15)28(3,24)25/h9-10,12,16,19-20H,4-8,11,13H2,1-3H3. The Morgan fingerprint density at radius 1 is 1.07 bits per heavy atom. The van der Waals surface area contributed by atoms with E-state index >= 15 is 0 Å². The molecule has 0 aliphatic carbocycles. The van der Waals surface area contributed by atoms with Gasteiger partial charge in [0.25, 0.3) is 0 Å². The van der Waals surface area contributed by atoms with Gasteiger partial charge < -0.3 is 15.2 Å². The van der Waals surface area contributed by atoms with E-state index in [9.17, 15) is 26.7 Å². The zero-order valence-electron chi connectivity index (χ0n) is 16.5. The van der Waals surface area contributed by atoms with E-state index < -0.39 is 25.8 Å². The summed E-state index contributed by atoms with van der Waals surface area (Å²) >= 11 is 0. The minimum Gasteiger partial charge on any atom is -0.469 e. The maximum atomic E-state index is 12.0. The predicted molar refractivity (Wildman–Crippen MR) is 106 cm³/mol. The minimum atomic E-state index is -3.71. The second kappa shape index (κ2) is 10.9. The number of unbranched alkanes of at least 4 members (excludes halogenated alkanes) is 3. The zero-order chi connectivity index (χ0) is 21.4. The molecule has 0 fully saturated rings. The summed E-state index contributed by atoms with van der Waals surface area (Å²) in [6, 6.07) is 3.72. The van der Waals surface area contributed by atoms with E-state index in [-0.39, 0.29) is 27.9 Å². The van der Waals surface area contributed by atoms with Crippen LogP contribution in [0.4, 0.5) is 0 Å². The monoisotopic (exact) mass is 435 g/mol. The first-order valence-corrected chi connectivity index (χ1v) is 12.7. The van der Waals surface area contributed by atoms with Gasteiger partial charge in [0, 0.05) is 31.0 Å². The molecule has 160 valence electrons. The van der Waals surface area contributed by atoms with Crippen molar-refractivity contribution in [3.63, 3.8) is 0 Å². The van der Waals surface area contributed by atoms with Gasteiger partial charge >= 0.3 is 5.97 Å². The van der Waals surface area contributed by atoms with Crippen LogP contribution in [0.2, 0.25) is 0 Å². The Kier molecular flexibility index (Phi) is 9.55. The fourth-order valence-electron chi connectivity index (χ4n) is 2.67. The molecule has 0 aliphatic heterocycles. The molecule has 1 atom stereocenters. The summed E-state index contributed by atoms with van der Waals surface area (Å²) in [5, 5.41) is 13.4. The summed E-state index contributed by atoms with van der Waals surface area (Å²) in [6.07, 6.45) is 4.71. The van der Waals surface area contributed by atoms with Gasteiger partial charge in [-0.2, -0.15) is 0 Å². The molecule has 0 radical (unpaired) electrons. The first kappa shape index (κ1) is 24.5. The van der Waals surface area contributed by atoms with Crippen molar-refractivity contribution >= 4 is 25.6 Å². The Bertz CT molecular complexity index is 864. The van der Waals surface area contributed by atoms with Crippen LogP contribution in [0.3, 0.4) is 0 Å². The smallest absolute Gasteiger partial charge is 0.305 e. The Labute approximate surface area is 167 Å². The quantitative estimate of drug-likeness (QED) is 0.371. The minimum absolute atomic E-state index is 0.108. The number of esters is 1. The maximum Gasteiger partial charge on any atom is 0.305 e. The number of carbonyl (C=O) groups excluding carboxylic acids is 1. The van der Waals surface area contributed by atoms with Crippen LogP contribution in [0.15, 0.2) is 28.0 Å². The molecule has 0 heterocycles. The van der Waals surface area contributed by atoms with Crippen molar-refractivity contribution in [1.82, 2.24) is 5.32 Å². The van der Waals surface area contributed by atoms with E-state index in [4.69, 9.17) is 0 Å². The van der Waals surface area contributed by atoms with Crippen LogP contribution in [0.5, 0.6) is 0 Å². The van der Waals surface area contributed by atoms with Crippen molar-refractivity contribution < 1.29 is 31.5 Å². The largest absolute Gasteiger partial charge is 0.469 e. The van der Waals surface area contributed by atoms with Crippen LogP contribution >= 0.6 is 0 Å². The van der Waals surface area contributed by atoms with Crippen LogP contribution in [0, 0.1) is 0 Å².